The molecule has 2 fully saturated rings. The molecule has 1 aromatic carbocycles. The van der Waals surface area contributed by atoms with E-state index in [2.05, 4.69) is 0 Å². The predicted octanol–water partition coefficient (Wildman–Crippen LogP) is 0.700. The number of carbonyl (C=O) groups excluding carboxylic acids is 2. The van der Waals surface area contributed by atoms with Gasteiger partial charge in [0.05, 0.1) is 18.2 Å². The van der Waals surface area contributed by atoms with Crippen molar-refractivity contribution in [3.05, 3.63) is 35.9 Å². The maximum Gasteiger partial charge on any atom is 0.228 e. The largest absolute Gasteiger partial charge is 0.340 e. The summed E-state index contributed by atoms with van der Waals surface area (Å²) in [5.74, 6) is -0.401. The van der Waals surface area contributed by atoms with E-state index in [0.717, 1.165) is 5.56 Å². The van der Waals surface area contributed by atoms with Crippen molar-refractivity contribution in [2.24, 2.45) is 5.92 Å². The summed E-state index contributed by atoms with van der Waals surface area (Å²) in [6.07, 6.45) is 1.41. The Morgan fingerprint density at radius 2 is 1.73 bits per heavy atom. The maximum atomic E-state index is 12.8. The SMILES string of the molecule is CC(c1ccccc1)N1CC(C(=O)N2CCN(S(C)(=O)=O)CC2)CC1=O. The monoisotopic (exact) mass is 379 g/mol. The molecule has 8 heteroatoms. The maximum absolute atomic E-state index is 12.8. The molecular formula is C18H25N3O4S. The fourth-order valence-electron chi connectivity index (χ4n) is 3.68. The summed E-state index contributed by atoms with van der Waals surface area (Å²) in [6.45, 7) is 3.78. The minimum Gasteiger partial charge on any atom is -0.340 e. The fraction of sp³-hybridized carbons (Fsp3) is 0.556. The van der Waals surface area contributed by atoms with Gasteiger partial charge in [-0.1, -0.05) is 30.3 Å². The Hall–Kier alpha value is -1.93. The van der Waals surface area contributed by atoms with E-state index in [1.165, 1.54) is 10.6 Å². The zero-order valence-corrected chi connectivity index (χ0v) is 16.0. The van der Waals surface area contributed by atoms with E-state index in [1.807, 2.05) is 37.3 Å². The first-order chi connectivity index (χ1) is 12.3. The lowest BCUT2D eigenvalue weighted by Crippen LogP contribution is -2.51. The standard InChI is InChI=1S/C18H25N3O4S/c1-14(15-6-4-3-5-7-15)21-13-16(12-17(21)22)18(23)19-8-10-20(11-9-19)26(2,24)25/h3-7,14,16H,8-13H2,1-2H3. The molecule has 2 heterocycles. The van der Waals surface area contributed by atoms with E-state index in [0.29, 0.717) is 32.7 Å². The third kappa shape index (κ3) is 3.91. The molecule has 0 aromatic heterocycles. The lowest BCUT2D eigenvalue weighted by atomic mass is 10.1. The minimum atomic E-state index is -3.22. The minimum absolute atomic E-state index is 0.00512. The second kappa shape index (κ2) is 7.36. The molecule has 1 aromatic rings. The average Bonchev–Trinajstić information content (AvgIpc) is 3.02. The van der Waals surface area contributed by atoms with Gasteiger partial charge in [0.1, 0.15) is 0 Å². The highest BCUT2D eigenvalue weighted by atomic mass is 32.2. The highest BCUT2D eigenvalue weighted by Gasteiger charge is 2.39. The summed E-state index contributed by atoms with van der Waals surface area (Å²) >= 11 is 0. The predicted molar refractivity (Wildman–Crippen MR) is 97.7 cm³/mol. The molecule has 2 unspecified atom stereocenters. The molecule has 142 valence electrons. The van der Waals surface area contributed by atoms with Gasteiger partial charge in [-0.2, -0.15) is 4.31 Å². The van der Waals surface area contributed by atoms with Crippen molar-refractivity contribution >= 4 is 21.8 Å². The lowest BCUT2D eigenvalue weighted by Gasteiger charge is -2.34. The number of hydrogen-bond acceptors (Lipinski definition) is 4. The van der Waals surface area contributed by atoms with E-state index in [-0.39, 0.29) is 30.2 Å². The molecule has 0 radical (unpaired) electrons. The second-order valence-electron chi connectivity index (χ2n) is 7.02. The highest BCUT2D eigenvalue weighted by molar-refractivity contribution is 7.88. The van der Waals surface area contributed by atoms with E-state index in [4.69, 9.17) is 0 Å². The molecule has 0 N–H and O–H groups in total. The van der Waals surface area contributed by atoms with Crippen LogP contribution in [0.4, 0.5) is 0 Å². The van der Waals surface area contributed by atoms with Crippen molar-refractivity contribution in [2.45, 2.75) is 19.4 Å². The Morgan fingerprint density at radius 1 is 1.12 bits per heavy atom. The van der Waals surface area contributed by atoms with Crippen LogP contribution in [0.5, 0.6) is 0 Å². The van der Waals surface area contributed by atoms with E-state index in [1.54, 1.807) is 9.80 Å². The molecular weight excluding hydrogens is 354 g/mol. The topological polar surface area (TPSA) is 78.0 Å². The molecule has 7 nitrogen and oxygen atoms in total. The summed E-state index contributed by atoms with van der Waals surface area (Å²) in [5, 5.41) is 0. The zero-order chi connectivity index (χ0) is 18.9. The molecule has 26 heavy (non-hydrogen) atoms. The van der Waals surface area contributed by atoms with Gasteiger partial charge in [-0.25, -0.2) is 8.42 Å². The average molecular weight is 379 g/mol. The second-order valence-corrected chi connectivity index (χ2v) is 9.00. The van der Waals surface area contributed by atoms with Gasteiger partial charge in [-0.05, 0) is 12.5 Å². The number of sulfonamides is 1. The Balaban J connectivity index is 1.61. The third-order valence-electron chi connectivity index (χ3n) is 5.28. The van der Waals surface area contributed by atoms with Crippen molar-refractivity contribution in [3.63, 3.8) is 0 Å². The summed E-state index contributed by atoms with van der Waals surface area (Å²) in [7, 11) is -3.22. The van der Waals surface area contributed by atoms with Crippen LogP contribution in [0.15, 0.2) is 30.3 Å². The first kappa shape index (κ1) is 18.8. The van der Waals surface area contributed by atoms with Crippen LogP contribution >= 0.6 is 0 Å². The molecule has 0 bridgehead atoms. The fourth-order valence-corrected chi connectivity index (χ4v) is 4.51. The van der Waals surface area contributed by atoms with Gasteiger partial charge in [-0.15, -0.1) is 0 Å². The van der Waals surface area contributed by atoms with Gasteiger partial charge in [0.15, 0.2) is 0 Å². The van der Waals surface area contributed by atoms with Crippen LogP contribution < -0.4 is 0 Å². The highest BCUT2D eigenvalue weighted by Crippen LogP contribution is 2.29. The van der Waals surface area contributed by atoms with Crippen molar-refractivity contribution < 1.29 is 18.0 Å². The molecule has 0 spiro atoms. The Morgan fingerprint density at radius 3 is 2.31 bits per heavy atom. The summed E-state index contributed by atoms with van der Waals surface area (Å²) < 4.78 is 24.6. The van der Waals surface area contributed by atoms with Gasteiger partial charge < -0.3 is 9.80 Å². The molecule has 0 saturated carbocycles. The number of piperazine rings is 1. The first-order valence-electron chi connectivity index (χ1n) is 8.85. The molecule has 2 aliphatic rings. The van der Waals surface area contributed by atoms with Crippen LogP contribution in [-0.4, -0.2) is 73.3 Å². The van der Waals surface area contributed by atoms with E-state index in [9.17, 15) is 18.0 Å². The first-order valence-corrected chi connectivity index (χ1v) is 10.7. The van der Waals surface area contributed by atoms with Gasteiger partial charge >= 0.3 is 0 Å². The molecule has 2 amide bonds. The third-order valence-corrected chi connectivity index (χ3v) is 6.58. The number of carbonyl (C=O) groups is 2. The number of likely N-dealkylation sites (tertiary alicyclic amines) is 1. The van der Waals surface area contributed by atoms with Crippen LogP contribution in [-0.2, 0) is 19.6 Å². The van der Waals surface area contributed by atoms with Gasteiger partial charge in [0.25, 0.3) is 0 Å². The number of rotatable bonds is 4. The van der Waals surface area contributed by atoms with Crippen molar-refractivity contribution in [2.75, 3.05) is 39.0 Å². The number of hydrogen-bond donors (Lipinski definition) is 0. The molecule has 3 rings (SSSR count). The van der Waals surface area contributed by atoms with Crippen LogP contribution in [0.2, 0.25) is 0 Å². The van der Waals surface area contributed by atoms with Crippen LogP contribution in [0, 0.1) is 5.92 Å². The normalized spacial score (nSPS) is 23.3. The van der Waals surface area contributed by atoms with Gasteiger partial charge in [0.2, 0.25) is 21.8 Å². The Labute approximate surface area is 154 Å². The number of amides is 2. The van der Waals surface area contributed by atoms with Crippen LogP contribution in [0.3, 0.4) is 0 Å². The van der Waals surface area contributed by atoms with Crippen molar-refractivity contribution in [3.8, 4) is 0 Å². The van der Waals surface area contributed by atoms with Crippen LogP contribution in [0.25, 0.3) is 0 Å². The lowest BCUT2D eigenvalue weighted by molar-refractivity contribution is -0.137. The number of nitrogens with zero attached hydrogens (tertiary/aromatic N) is 3. The summed E-state index contributed by atoms with van der Waals surface area (Å²) in [5.41, 5.74) is 1.05. The number of benzene rings is 1. The molecule has 0 aliphatic carbocycles. The summed E-state index contributed by atoms with van der Waals surface area (Å²) in [4.78, 5) is 28.7. The van der Waals surface area contributed by atoms with E-state index < -0.39 is 10.0 Å². The van der Waals surface area contributed by atoms with Crippen molar-refractivity contribution in [1.82, 2.24) is 14.1 Å². The summed E-state index contributed by atoms with van der Waals surface area (Å²) in [6, 6.07) is 9.72. The zero-order valence-electron chi connectivity index (χ0n) is 15.2. The smallest absolute Gasteiger partial charge is 0.228 e. The van der Waals surface area contributed by atoms with Crippen LogP contribution in [0.1, 0.15) is 24.9 Å². The van der Waals surface area contributed by atoms with E-state index >= 15 is 0 Å². The molecule has 2 atom stereocenters. The quantitative estimate of drug-likeness (QED) is 0.772. The van der Waals surface area contributed by atoms with Gasteiger partial charge in [-0.3, -0.25) is 9.59 Å². The molecule has 2 saturated heterocycles. The van der Waals surface area contributed by atoms with Crippen molar-refractivity contribution in [1.29, 1.82) is 0 Å². The molecule has 2 aliphatic heterocycles. The van der Waals surface area contributed by atoms with Gasteiger partial charge in [0, 0.05) is 39.1 Å². The Kier molecular flexibility index (Phi) is 5.34. The Bertz CT molecular complexity index is 773.